The lowest BCUT2D eigenvalue weighted by Gasteiger charge is -2.10. The zero-order valence-corrected chi connectivity index (χ0v) is 11.6. The first-order valence-electron chi connectivity index (χ1n) is 6.06. The highest BCUT2D eigenvalue weighted by Gasteiger charge is 2.07. The standard InChI is InChI=1S/C14H13BF2O4/c1-18-13-7-9(3-5-11(13)16)20-15-21-10-4-6-12(17)14(8-10)19-2/h3-8,15H,1-2H3. The van der Waals surface area contributed by atoms with Gasteiger partial charge in [-0.1, -0.05) is 0 Å². The number of benzene rings is 2. The monoisotopic (exact) mass is 294 g/mol. The molecule has 2 aromatic rings. The van der Waals surface area contributed by atoms with Crippen LogP contribution in [0.15, 0.2) is 36.4 Å². The van der Waals surface area contributed by atoms with Gasteiger partial charge in [0, 0.05) is 12.1 Å². The Bertz CT molecular complexity index is 568. The molecule has 0 saturated heterocycles. The van der Waals surface area contributed by atoms with Crippen molar-refractivity contribution in [1.29, 1.82) is 0 Å². The van der Waals surface area contributed by atoms with Gasteiger partial charge in [0.15, 0.2) is 23.1 Å². The maximum Gasteiger partial charge on any atom is 0.576 e. The van der Waals surface area contributed by atoms with Crippen LogP contribution in [0, 0.1) is 11.6 Å². The van der Waals surface area contributed by atoms with Crippen LogP contribution in [0.3, 0.4) is 0 Å². The van der Waals surface area contributed by atoms with Crippen LogP contribution in [0.25, 0.3) is 0 Å². The molecule has 0 N–H and O–H groups in total. The molecule has 0 spiro atoms. The van der Waals surface area contributed by atoms with Crippen molar-refractivity contribution >= 4 is 7.69 Å². The Morgan fingerprint density at radius 2 is 1.19 bits per heavy atom. The van der Waals surface area contributed by atoms with E-state index in [0.717, 1.165) is 0 Å². The second kappa shape index (κ2) is 6.83. The Hall–Kier alpha value is -2.44. The summed E-state index contributed by atoms with van der Waals surface area (Å²) in [7, 11) is 2.61. The summed E-state index contributed by atoms with van der Waals surface area (Å²) in [6.07, 6.45) is 0. The van der Waals surface area contributed by atoms with Crippen LogP contribution < -0.4 is 18.8 Å². The van der Waals surface area contributed by atoms with Gasteiger partial charge in [0.25, 0.3) is 0 Å². The molecule has 0 amide bonds. The summed E-state index contributed by atoms with van der Waals surface area (Å²) in [5, 5.41) is 0. The van der Waals surface area contributed by atoms with Crippen molar-refractivity contribution < 1.29 is 27.6 Å². The second-order valence-electron chi connectivity index (χ2n) is 4.00. The summed E-state index contributed by atoms with van der Waals surface area (Å²) in [6.45, 7) is 0. The van der Waals surface area contributed by atoms with Crippen molar-refractivity contribution in [1.82, 2.24) is 0 Å². The van der Waals surface area contributed by atoms with Crippen molar-refractivity contribution in [3.63, 3.8) is 0 Å². The lowest BCUT2D eigenvalue weighted by atomic mass is 10.2. The molecule has 0 aromatic heterocycles. The highest BCUT2D eigenvalue weighted by molar-refractivity contribution is 6.20. The van der Waals surface area contributed by atoms with Crippen LogP contribution in [-0.2, 0) is 0 Å². The average molecular weight is 294 g/mol. The Balaban J connectivity index is 1.95. The molecule has 0 radical (unpaired) electrons. The third kappa shape index (κ3) is 3.78. The van der Waals surface area contributed by atoms with Gasteiger partial charge in [-0.15, -0.1) is 0 Å². The predicted molar refractivity (Wildman–Crippen MR) is 74.3 cm³/mol. The molecular weight excluding hydrogens is 281 g/mol. The van der Waals surface area contributed by atoms with Crippen molar-refractivity contribution in [2.45, 2.75) is 0 Å². The van der Waals surface area contributed by atoms with E-state index in [1.165, 1.54) is 50.6 Å². The molecular formula is C14H13BF2O4. The van der Waals surface area contributed by atoms with Crippen molar-refractivity contribution in [2.24, 2.45) is 0 Å². The molecule has 2 rings (SSSR count). The Kier molecular flexibility index (Phi) is 4.87. The first-order valence-corrected chi connectivity index (χ1v) is 6.06. The highest BCUT2D eigenvalue weighted by Crippen LogP contribution is 2.24. The molecule has 0 atom stereocenters. The molecule has 21 heavy (non-hydrogen) atoms. The van der Waals surface area contributed by atoms with Crippen LogP contribution in [0.4, 0.5) is 8.78 Å². The number of ether oxygens (including phenoxy) is 2. The van der Waals surface area contributed by atoms with Crippen LogP contribution >= 0.6 is 0 Å². The zero-order chi connectivity index (χ0) is 15.2. The zero-order valence-electron chi connectivity index (χ0n) is 11.6. The Labute approximate surface area is 121 Å². The predicted octanol–water partition coefficient (Wildman–Crippen LogP) is 2.71. The fourth-order valence-electron chi connectivity index (χ4n) is 1.63. The lowest BCUT2D eigenvalue weighted by Crippen LogP contribution is -2.11. The lowest BCUT2D eigenvalue weighted by molar-refractivity contribution is 0.379. The highest BCUT2D eigenvalue weighted by atomic mass is 19.1. The fraction of sp³-hybridized carbons (Fsp3) is 0.143. The van der Waals surface area contributed by atoms with E-state index in [4.69, 9.17) is 18.8 Å². The quantitative estimate of drug-likeness (QED) is 0.768. The summed E-state index contributed by atoms with van der Waals surface area (Å²) < 4.78 is 46.7. The van der Waals surface area contributed by atoms with Gasteiger partial charge < -0.3 is 18.8 Å². The van der Waals surface area contributed by atoms with Gasteiger partial charge in [-0.2, -0.15) is 0 Å². The summed E-state index contributed by atoms with van der Waals surface area (Å²) in [6, 6.07) is 8.18. The van der Waals surface area contributed by atoms with E-state index in [1.54, 1.807) is 0 Å². The summed E-state index contributed by atoms with van der Waals surface area (Å²) in [4.78, 5) is 0. The summed E-state index contributed by atoms with van der Waals surface area (Å²) in [5.74, 6) is -0.0142. The van der Waals surface area contributed by atoms with E-state index < -0.39 is 11.6 Å². The Morgan fingerprint density at radius 3 is 1.57 bits per heavy atom. The minimum absolute atomic E-state index is 0.0796. The molecule has 4 nitrogen and oxygen atoms in total. The van der Waals surface area contributed by atoms with Crippen molar-refractivity contribution in [2.75, 3.05) is 14.2 Å². The Morgan fingerprint density at radius 1 is 0.762 bits per heavy atom. The topological polar surface area (TPSA) is 36.9 Å². The van der Waals surface area contributed by atoms with Gasteiger partial charge in [-0.3, -0.25) is 0 Å². The van der Waals surface area contributed by atoms with Crippen LogP contribution in [-0.4, -0.2) is 21.9 Å². The van der Waals surface area contributed by atoms with Crippen molar-refractivity contribution in [3.05, 3.63) is 48.0 Å². The van der Waals surface area contributed by atoms with Crippen molar-refractivity contribution in [3.8, 4) is 23.0 Å². The molecule has 0 aliphatic heterocycles. The van der Waals surface area contributed by atoms with E-state index in [-0.39, 0.29) is 19.2 Å². The van der Waals surface area contributed by atoms with Gasteiger partial charge in [0.1, 0.15) is 11.5 Å². The summed E-state index contributed by atoms with van der Waals surface area (Å²) >= 11 is 0. The molecule has 2 aromatic carbocycles. The summed E-state index contributed by atoms with van der Waals surface area (Å²) in [5.41, 5.74) is 0. The van der Waals surface area contributed by atoms with Gasteiger partial charge in [-0.25, -0.2) is 8.78 Å². The van der Waals surface area contributed by atoms with Gasteiger partial charge in [0.2, 0.25) is 0 Å². The van der Waals surface area contributed by atoms with Gasteiger partial charge in [0.05, 0.1) is 14.2 Å². The minimum atomic E-state index is -0.478. The molecule has 0 unspecified atom stereocenters. The molecule has 7 heteroatoms. The second-order valence-corrected chi connectivity index (χ2v) is 4.00. The van der Waals surface area contributed by atoms with Crippen LogP contribution in [0.1, 0.15) is 0 Å². The third-order valence-corrected chi connectivity index (χ3v) is 2.70. The normalized spacial score (nSPS) is 9.90. The molecule has 0 heterocycles. The van der Waals surface area contributed by atoms with Crippen LogP contribution in [0.2, 0.25) is 0 Å². The molecule has 0 fully saturated rings. The number of hydrogen-bond donors (Lipinski definition) is 0. The average Bonchev–Trinajstić information content (AvgIpc) is 2.50. The van der Waals surface area contributed by atoms with E-state index >= 15 is 0 Å². The number of halogens is 2. The third-order valence-electron chi connectivity index (χ3n) is 2.70. The van der Waals surface area contributed by atoms with E-state index in [0.29, 0.717) is 11.5 Å². The minimum Gasteiger partial charge on any atom is -0.528 e. The first kappa shape index (κ1) is 15.0. The maximum absolute atomic E-state index is 13.2. The van der Waals surface area contributed by atoms with Gasteiger partial charge in [-0.05, 0) is 24.3 Å². The molecule has 0 bridgehead atoms. The smallest absolute Gasteiger partial charge is 0.528 e. The fourth-order valence-corrected chi connectivity index (χ4v) is 1.63. The largest absolute Gasteiger partial charge is 0.576 e. The van der Waals surface area contributed by atoms with Crippen LogP contribution in [0.5, 0.6) is 23.0 Å². The molecule has 0 aliphatic carbocycles. The number of rotatable bonds is 6. The molecule has 0 aliphatic rings. The SMILES string of the molecule is COc1cc(OBOc2ccc(F)c(OC)c2)ccc1F. The number of methoxy groups -OCH3 is 2. The molecule has 0 saturated carbocycles. The van der Waals surface area contributed by atoms with Gasteiger partial charge >= 0.3 is 7.69 Å². The van der Waals surface area contributed by atoms with E-state index in [9.17, 15) is 8.78 Å². The molecule has 110 valence electrons. The first-order chi connectivity index (χ1) is 10.1. The number of hydrogen-bond acceptors (Lipinski definition) is 4. The van der Waals surface area contributed by atoms with E-state index in [1.807, 2.05) is 0 Å². The van der Waals surface area contributed by atoms with E-state index in [2.05, 4.69) is 0 Å². The maximum atomic E-state index is 13.2.